The van der Waals surface area contributed by atoms with E-state index >= 15 is 0 Å². The van der Waals surface area contributed by atoms with Crippen LogP contribution in [0, 0.1) is 0 Å². The van der Waals surface area contributed by atoms with Crippen molar-refractivity contribution in [2.24, 2.45) is 0 Å². The molecule has 0 saturated carbocycles. The molecule has 1 heterocycles. The Balaban J connectivity index is 0.000000980. The predicted octanol–water partition coefficient (Wildman–Crippen LogP) is 2.20. The van der Waals surface area contributed by atoms with Gasteiger partial charge in [0.25, 0.3) is 6.43 Å². The maximum Gasteiger partial charge on any atom is 0.295 e. The zero-order chi connectivity index (χ0) is 9.42. The molecule has 2 N–H and O–H groups in total. The Hall–Kier alpha value is -0.546. The molecule has 2 rings (SSSR count). The average molecular weight is 273 g/mol. The second-order valence-electron chi connectivity index (χ2n) is 2.60. The summed E-state index contributed by atoms with van der Waals surface area (Å²) >= 11 is 0. The molecule has 0 atom stereocenters. The Kier molecular flexibility index (Phi) is 3.55. The molecule has 1 aromatic heterocycles. The Morgan fingerprint density at radius 1 is 1.36 bits per heavy atom. The minimum Gasteiger partial charge on any atom is -0.506 e. The predicted molar refractivity (Wildman–Crippen MR) is 42.7 cm³/mol. The van der Waals surface area contributed by atoms with Gasteiger partial charge in [0, 0.05) is 32.7 Å². The van der Waals surface area contributed by atoms with E-state index in [0.717, 1.165) is 0 Å². The van der Waals surface area contributed by atoms with Crippen molar-refractivity contribution in [1.29, 1.82) is 0 Å². The number of nitrogens with zero attached hydrogens (tertiary/aromatic N) is 1. The van der Waals surface area contributed by atoms with Gasteiger partial charge in [-0.25, -0.2) is 13.8 Å². The molecule has 0 aliphatic heterocycles. The fraction of sp³-hybridized carbons (Fsp3) is 0.125. The zero-order valence-electron chi connectivity index (χ0n) is 7.04. The number of para-hydroxylation sites is 1. The normalized spacial score (nSPS) is 10.5. The van der Waals surface area contributed by atoms with Crippen LogP contribution in [-0.2, 0) is 32.7 Å². The van der Waals surface area contributed by atoms with Gasteiger partial charge in [-0.05, 0) is 12.1 Å². The number of aromatic amines is 1. The van der Waals surface area contributed by atoms with Crippen molar-refractivity contribution >= 4 is 11.0 Å². The molecule has 0 aliphatic carbocycles. The standard InChI is InChI=1S/C8H6F2N2O.Y/c9-7(10)8-11-4-2-1-3-5(13)6(4)12-8;/h1-3,7,13H,(H,11,12);. The Morgan fingerprint density at radius 2 is 2.07 bits per heavy atom. The van der Waals surface area contributed by atoms with Crippen molar-refractivity contribution in [3.05, 3.63) is 24.0 Å². The maximum atomic E-state index is 12.2. The number of nitrogens with one attached hydrogen (secondary N) is 1. The third kappa shape index (κ3) is 1.93. The fourth-order valence-electron chi connectivity index (χ4n) is 1.14. The van der Waals surface area contributed by atoms with Gasteiger partial charge >= 0.3 is 0 Å². The topological polar surface area (TPSA) is 48.9 Å². The van der Waals surface area contributed by atoms with Gasteiger partial charge < -0.3 is 10.1 Å². The summed E-state index contributed by atoms with van der Waals surface area (Å²) in [6, 6.07) is 4.54. The minimum atomic E-state index is -2.65. The first kappa shape index (κ1) is 11.5. The molecule has 0 saturated heterocycles. The van der Waals surface area contributed by atoms with Crippen LogP contribution in [0.15, 0.2) is 18.2 Å². The number of phenols is 1. The second kappa shape index (κ2) is 4.32. The monoisotopic (exact) mass is 273 g/mol. The van der Waals surface area contributed by atoms with Crippen LogP contribution in [0.4, 0.5) is 8.78 Å². The molecule has 6 heteroatoms. The van der Waals surface area contributed by atoms with Gasteiger partial charge in [0.1, 0.15) is 11.3 Å². The van der Waals surface area contributed by atoms with Crippen molar-refractivity contribution in [3.8, 4) is 5.75 Å². The molecule has 0 spiro atoms. The van der Waals surface area contributed by atoms with Crippen molar-refractivity contribution < 1.29 is 46.6 Å². The summed E-state index contributed by atoms with van der Waals surface area (Å²) in [5, 5.41) is 9.24. The molecule has 0 unspecified atom stereocenters. The van der Waals surface area contributed by atoms with E-state index in [1.165, 1.54) is 6.07 Å². The van der Waals surface area contributed by atoms with Crippen LogP contribution in [0.25, 0.3) is 11.0 Å². The molecule has 1 radical (unpaired) electrons. The molecular formula is C8H6F2N2OY. The summed E-state index contributed by atoms with van der Waals surface area (Å²) in [4.78, 5) is 5.97. The summed E-state index contributed by atoms with van der Waals surface area (Å²) in [5.74, 6) is -0.517. The first-order valence-electron chi connectivity index (χ1n) is 3.64. The van der Waals surface area contributed by atoms with E-state index < -0.39 is 12.2 Å². The quantitative estimate of drug-likeness (QED) is 0.836. The second-order valence-corrected chi connectivity index (χ2v) is 2.60. The number of benzene rings is 1. The fourth-order valence-corrected chi connectivity index (χ4v) is 1.14. The van der Waals surface area contributed by atoms with Crippen LogP contribution in [0.1, 0.15) is 12.2 Å². The number of H-pyrrole nitrogens is 1. The van der Waals surface area contributed by atoms with E-state index in [0.29, 0.717) is 5.52 Å². The molecule has 0 amide bonds. The van der Waals surface area contributed by atoms with Crippen LogP contribution < -0.4 is 0 Å². The number of fused-ring (bicyclic) bond motifs is 1. The van der Waals surface area contributed by atoms with Gasteiger partial charge in [0.15, 0.2) is 5.82 Å². The number of hydrogen-bond donors (Lipinski definition) is 2. The van der Waals surface area contributed by atoms with Crippen LogP contribution in [0.5, 0.6) is 5.75 Å². The van der Waals surface area contributed by atoms with Crippen LogP contribution in [0.3, 0.4) is 0 Å². The van der Waals surface area contributed by atoms with Crippen LogP contribution in [-0.4, -0.2) is 15.1 Å². The molecular weight excluding hydrogens is 267 g/mol. The molecule has 0 fully saturated rings. The van der Waals surface area contributed by atoms with Crippen molar-refractivity contribution in [2.75, 3.05) is 0 Å². The molecule has 71 valence electrons. The number of imidazole rings is 1. The molecule has 2 aromatic rings. The number of alkyl halides is 2. The van der Waals surface area contributed by atoms with E-state index in [-0.39, 0.29) is 44.0 Å². The summed E-state index contributed by atoms with van der Waals surface area (Å²) in [5.41, 5.74) is 0.591. The summed E-state index contributed by atoms with van der Waals surface area (Å²) in [6.45, 7) is 0. The van der Waals surface area contributed by atoms with Gasteiger partial charge in [0.2, 0.25) is 0 Å². The summed E-state index contributed by atoms with van der Waals surface area (Å²) < 4.78 is 24.3. The molecule has 14 heavy (non-hydrogen) atoms. The third-order valence-electron chi connectivity index (χ3n) is 1.72. The molecule has 1 aromatic carbocycles. The Morgan fingerprint density at radius 3 is 2.64 bits per heavy atom. The van der Waals surface area contributed by atoms with Gasteiger partial charge in [-0.15, -0.1) is 0 Å². The molecule has 3 nitrogen and oxygen atoms in total. The average Bonchev–Trinajstić information content (AvgIpc) is 2.49. The molecule has 0 bridgehead atoms. The minimum absolute atomic E-state index is 0. The largest absolute Gasteiger partial charge is 0.506 e. The van der Waals surface area contributed by atoms with E-state index in [1.807, 2.05) is 0 Å². The van der Waals surface area contributed by atoms with Gasteiger partial charge in [-0.1, -0.05) is 6.07 Å². The summed E-state index contributed by atoms with van der Waals surface area (Å²) in [7, 11) is 0. The van der Waals surface area contributed by atoms with Crippen molar-refractivity contribution in [3.63, 3.8) is 0 Å². The number of phenolic OH excluding ortho intramolecular Hbond substituents is 1. The molecule has 0 aliphatic rings. The zero-order valence-corrected chi connectivity index (χ0v) is 9.88. The van der Waals surface area contributed by atoms with Gasteiger partial charge in [-0.3, -0.25) is 0 Å². The number of aromatic nitrogens is 2. The summed E-state index contributed by atoms with van der Waals surface area (Å²) in [6.07, 6.45) is -2.65. The van der Waals surface area contributed by atoms with Crippen LogP contribution in [0.2, 0.25) is 0 Å². The van der Waals surface area contributed by atoms with Crippen molar-refractivity contribution in [2.45, 2.75) is 6.43 Å². The van der Waals surface area contributed by atoms with Crippen molar-refractivity contribution in [1.82, 2.24) is 9.97 Å². The number of aromatic hydroxyl groups is 1. The Labute approximate surface area is 103 Å². The number of halogens is 2. The first-order valence-corrected chi connectivity index (χ1v) is 3.64. The maximum absolute atomic E-state index is 12.2. The SMILES string of the molecule is Oc1cccc2[nH]c(C(F)F)nc12.[Y]. The van der Waals surface area contributed by atoms with Crippen LogP contribution >= 0.6 is 0 Å². The number of rotatable bonds is 1. The number of hydrogen-bond acceptors (Lipinski definition) is 2. The van der Waals surface area contributed by atoms with E-state index in [2.05, 4.69) is 9.97 Å². The van der Waals surface area contributed by atoms with Gasteiger partial charge in [0.05, 0.1) is 5.52 Å². The van der Waals surface area contributed by atoms with E-state index in [1.54, 1.807) is 12.1 Å². The first-order chi connectivity index (χ1) is 6.18. The smallest absolute Gasteiger partial charge is 0.295 e. The third-order valence-corrected chi connectivity index (χ3v) is 1.72. The van der Waals surface area contributed by atoms with E-state index in [9.17, 15) is 13.9 Å². The van der Waals surface area contributed by atoms with E-state index in [4.69, 9.17) is 0 Å². The Bertz CT molecular complexity index is 444. The van der Waals surface area contributed by atoms with Gasteiger partial charge in [-0.2, -0.15) is 0 Å².